The Morgan fingerprint density at radius 1 is 1.60 bits per heavy atom. The van der Waals surface area contributed by atoms with E-state index in [-0.39, 0.29) is 0 Å². The summed E-state index contributed by atoms with van der Waals surface area (Å²) in [6, 6.07) is 2.78. The average Bonchev–Trinajstić information content (AvgIpc) is 2.90. The summed E-state index contributed by atoms with van der Waals surface area (Å²) < 4.78 is 0. The fraction of sp³-hybridized carbons (Fsp3) is 0.545. The zero-order chi connectivity index (χ0) is 10.5. The molecule has 82 valence electrons. The van der Waals surface area contributed by atoms with Crippen LogP contribution in [-0.2, 0) is 6.54 Å². The Labute approximate surface area is 94.6 Å². The summed E-state index contributed by atoms with van der Waals surface area (Å²) in [5.41, 5.74) is 1.29. The molecule has 1 saturated carbocycles. The Hall–Kier alpha value is -1.03. The van der Waals surface area contributed by atoms with Crippen LogP contribution in [0.15, 0.2) is 21.8 Å². The second-order valence-corrected chi connectivity index (χ2v) is 4.53. The third kappa shape index (κ3) is 3.55. The normalized spacial score (nSPS) is 16.5. The summed E-state index contributed by atoms with van der Waals surface area (Å²) in [7, 11) is 0. The van der Waals surface area contributed by atoms with E-state index in [2.05, 4.69) is 39.4 Å². The number of hydrogen-bond acceptors (Lipinski definition) is 2. The molecule has 15 heavy (non-hydrogen) atoms. The average molecular weight is 223 g/mol. The first kappa shape index (κ1) is 10.5. The van der Waals surface area contributed by atoms with Gasteiger partial charge in [0.05, 0.1) is 6.54 Å². The van der Waals surface area contributed by atoms with Crippen molar-refractivity contribution in [2.75, 3.05) is 6.54 Å². The first-order valence-electron chi connectivity index (χ1n) is 5.44. The Morgan fingerprint density at radius 2 is 2.47 bits per heavy atom. The quantitative estimate of drug-likeness (QED) is 0.605. The predicted molar refractivity (Wildman–Crippen MR) is 65.3 cm³/mol. The Kier molecular flexibility index (Phi) is 3.61. The molecule has 0 atom stereocenters. The lowest BCUT2D eigenvalue weighted by Gasteiger charge is -2.09. The monoisotopic (exact) mass is 223 g/mol. The molecule has 4 heteroatoms. The first-order valence-corrected chi connectivity index (χ1v) is 6.38. The number of aliphatic imine (C=N–C) groups is 1. The fourth-order valence-electron chi connectivity index (χ4n) is 1.29. The number of nitrogens with zero attached hydrogens (tertiary/aromatic N) is 1. The molecule has 1 heterocycles. The summed E-state index contributed by atoms with van der Waals surface area (Å²) in [4.78, 5) is 4.54. The molecule has 0 saturated heterocycles. The van der Waals surface area contributed by atoms with Crippen LogP contribution < -0.4 is 10.6 Å². The lowest BCUT2D eigenvalue weighted by atomic mass is 10.3. The zero-order valence-corrected chi connectivity index (χ0v) is 9.81. The van der Waals surface area contributed by atoms with Gasteiger partial charge < -0.3 is 10.6 Å². The molecule has 1 aliphatic rings. The summed E-state index contributed by atoms with van der Waals surface area (Å²) in [5.74, 6) is 0.950. The van der Waals surface area contributed by atoms with Crippen LogP contribution >= 0.6 is 11.3 Å². The van der Waals surface area contributed by atoms with Gasteiger partial charge >= 0.3 is 0 Å². The molecule has 2 rings (SSSR count). The molecule has 1 fully saturated rings. The Morgan fingerprint density at radius 3 is 3.07 bits per heavy atom. The van der Waals surface area contributed by atoms with Crippen molar-refractivity contribution < 1.29 is 0 Å². The van der Waals surface area contributed by atoms with Crippen LogP contribution in [0.1, 0.15) is 25.3 Å². The summed E-state index contributed by atoms with van der Waals surface area (Å²) in [6.07, 6.45) is 2.56. The SMILES string of the molecule is CCNC(=NCc1ccsc1)NC1CC1. The molecule has 1 aliphatic carbocycles. The minimum absolute atomic E-state index is 0.658. The van der Waals surface area contributed by atoms with E-state index in [1.54, 1.807) is 11.3 Å². The third-order valence-corrected chi connectivity index (χ3v) is 2.99. The molecule has 3 nitrogen and oxygen atoms in total. The second kappa shape index (κ2) is 5.16. The van der Waals surface area contributed by atoms with Gasteiger partial charge in [-0.3, -0.25) is 0 Å². The van der Waals surface area contributed by atoms with E-state index < -0.39 is 0 Å². The highest BCUT2D eigenvalue weighted by atomic mass is 32.1. The number of nitrogens with one attached hydrogen (secondary N) is 2. The smallest absolute Gasteiger partial charge is 0.191 e. The molecule has 0 bridgehead atoms. The van der Waals surface area contributed by atoms with Crippen molar-refractivity contribution in [3.63, 3.8) is 0 Å². The van der Waals surface area contributed by atoms with Gasteiger partial charge in [0.1, 0.15) is 0 Å². The first-order chi connectivity index (χ1) is 7.38. The molecular formula is C11H17N3S. The Balaban J connectivity index is 1.87. The number of guanidine groups is 1. The standard InChI is InChI=1S/C11H17N3S/c1-2-12-11(14-10-3-4-10)13-7-9-5-6-15-8-9/h5-6,8,10H,2-4,7H2,1H3,(H2,12,13,14). The zero-order valence-electron chi connectivity index (χ0n) is 8.99. The van der Waals surface area contributed by atoms with Crippen molar-refractivity contribution in [1.82, 2.24) is 10.6 Å². The highest BCUT2D eigenvalue weighted by Crippen LogP contribution is 2.18. The number of thiophene rings is 1. The number of hydrogen-bond donors (Lipinski definition) is 2. The maximum Gasteiger partial charge on any atom is 0.191 e. The lowest BCUT2D eigenvalue weighted by molar-refractivity contribution is 0.812. The highest BCUT2D eigenvalue weighted by Gasteiger charge is 2.21. The van der Waals surface area contributed by atoms with E-state index in [0.717, 1.165) is 19.0 Å². The Bertz CT molecular complexity index is 315. The van der Waals surface area contributed by atoms with Gasteiger partial charge in [-0.05, 0) is 42.2 Å². The van der Waals surface area contributed by atoms with Gasteiger partial charge in [0.15, 0.2) is 5.96 Å². The lowest BCUT2D eigenvalue weighted by Crippen LogP contribution is -2.38. The molecule has 1 aromatic rings. The molecule has 1 aromatic heterocycles. The van der Waals surface area contributed by atoms with Crippen LogP contribution in [0.25, 0.3) is 0 Å². The molecule has 0 unspecified atom stereocenters. The predicted octanol–water partition coefficient (Wildman–Crippen LogP) is 1.97. The highest BCUT2D eigenvalue weighted by molar-refractivity contribution is 7.07. The topological polar surface area (TPSA) is 36.4 Å². The van der Waals surface area contributed by atoms with E-state index >= 15 is 0 Å². The second-order valence-electron chi connectivity index (χ2n) is 3.75. The van der Waals surface area contributed by atoms with Gasteiger partial charge in [-0.2, -0.15) is 11.3 Å². The van der Waals surface area contributed by atoms with Crippen LogP contribution in [-0.4, -0.2) is 18.5 Å². The van der Waals surface area contributed by atoms with Crippen molar-refractivity contribution in [1.29, 1.82) is 0 Å². The van der Waals surface area contributed by atoms with Crippen LogP contribution in [0, 0.1) is 0 Å². The van der Waals surface area contributed by atoms with Crippen LogP contribution in [0.2, 0.25) is 0 Å². The van der Waals surface area contributed by atoms with Crippen molar-refractivity contribution >= 4 is 17.3 Å². The van der Waals surface area contributed by atoms with E-state index in [4.69, 9.17) is 0 Å². The molecule has 0 amide bonds. The van der Waals surface area contributed by atoms with E-state index in [1.807, 2.05) is 0 Å². The van der Waals surface area contributed by atoms with E-state index in [0.29, 0.717) is 6.04 Å². The van der Waals surface area contributed by atoms with Crippen molar-refractivity contribution in [3.05, 3.63) is 22.4 Å². The third-order valence-electron chi connectivity index (χ3n) is 2.26. The van der Waals surface area contributed by atoms with Crippen molar-refractivity contribution in [3.8, 4) is 0 Å². The van der Waals surface area contributed by atoms with Gasteiger partial charge in [-0.25, -0.2) is 4.99 Å². The summed E-state index contributed by atoms with van der Waals surface area (Å²) in [5, 5.41) is 10.9. The maximum absolute atomic E-state index is 4.54. The summed E-state index contributed by atoms with van der Waals surface area (Å²) in [6.45, 7) is 3.78. The van der Waals surface area contributed by atoms with Gasteiger partial charge in [-0.15, -0.1) is 0 Å². The van der Waals surface area contributed by atoms with Gasteiger partial charge in [-0.1, -0.05) is 0 Å². The van der Waals surface area contributed by atoms with Crippen LogP contribution in [0.4, 0.5) is 0 Å². The van der Waals surface area contributed by atoms with Crippen molar-refractivity contribution in [2.24, 2.45) is 4.99 Å². The van der Waals surface area contributed by atoms with Gasteiger partial charge in [0.2, 0.25) is 0 Å². The summed E-state index contributed by atoms with van der Waals surface area (Å²) >= 11 is 1.72. The maximum atomic E-state index is 4.54. The van der Waals surface area contributed by atoms with Gasteiger partial charge in [0, 0.05) is 12.6 Å². The molecular weight excluding hydrogens is 206 g/mol. The van der Waals surface area contributed by atoms with E-state index in [1.165, 1.54) is 18.4 Å². The van der Waals surface area contributed by atoms with E-state index in [9.17, 15) is 0 Å². The molecule has 2 N–H and O–H groups in total. The largest absolute Gasteiger partial charge is 0.357 e. The van der Waals surface area contributed by atoms with Gasteiger partial charge in [0.25, 0.3) is 0 Å². The molecule has 0 aliphatic heterocycles. The van der Waals surface area contributed by atoms with Crippen molar-refractivity contribution in [2.45, 2.75) is 32.4 Å². The fourth-order valence-corrected chi connectivity index (χ4v) is 1.95. The molecule has 0 radical (unpaired) electrons. The molecule has 0 spiro atoms. The number of rotatable bonds is 4. The molecule has 0 aromatic carbocycles. The minimum atomic E-state index is 0.658. The minimum Gasteiger partial charge on any atom is -0.357 e. The van der Waals surface area contributed by atoms with Crippen LogP contribution in [0.3, 0.4) is 0 Å². The van der Waals surface area contributed by atoms with Crippen LogP contribution in [0.5, 0.6) is 0 Å².